The van der Waals surface area contributed by atoms with E-state index in [1.165, 1.54) is 12.3 Å². The van der Waals surface area contributed by atoms with E-state index in [-0.39, 0.29) is 23.1 Å². The van der Waals surface area contributed by atoms with E-state index >= 15 is 0 Å². The first kappa shape index (κ1) is 11.7. The molecule has 82 valence electrons. The van der Waals surface area contributed by atoms with Crippen LogP contribution in [0, 0.1) is 0 Å². The van der Waals surface area contributed by atoms with Gasteiger partial charge >= 0.3 is 5.97 Å². The van der Waals surface area contributed by atoms with Crippen LogP contribution < -0.4 is 0 Å². The van der Waals surface area contributed by atoms with Crippen molar-refractivity contribution < 1.29 is 19.7 Å². The molecule has 1 rings (SSSR count). The number of aliphatic carboxylic acids is 1. The molecule has 0 aliphatic heterocycles. The van der Waals surface area contributed by atoms with Crippen molar-refractivity contribution in [2.75, 3.05) is 6.61 Å². The molecule has 0 aromatic carbocycles. The van der Waals surface area contributed by atoms with Crippen LogP contribution in [0.3, 0.4) is 0 Å². The highest BCUT2D eigenvalue weighted by Crippen LogP contribution is 2.27. The maximum Gasteiger partial charge on any atom is 0.339 e. The molecular weight excluding hydrogens is 222 g/mol. The molecule has 1 aromatic rings. The van der Waals surface area contributed by atoms with Crippen LogP contribution in [-0.4, -0.2) is 27.8 Å². The van der Waals surface area contributed by atoms with Gasteiger partial charge in [-0.15, -0.1) is 0 Å². The van der Waals surface area contributed by atoms with Gasteiger partial charge < -0.3 is 14.9 Å². The maximum absolute atomic E-state index is 10.8. The zero-order valence-corrected chi connectivity index (χ0v) is 8.73. The first-order chi connectivity index (χ1) is 7.06. The fourth-order valence-corrected chi connectivity index (χ4v) is 1.23. The number of hydrogen-bond donors (Lipinski definition) is 2. The third-order valence-corrected chi connectivity index (χ3v) is 1.88. The van der Waals surface area contributed by atoms with E-state index < -0.39 is 12.1 Å². The molecule has 0 saturated carbocycles. The Morgan fingerprint density at radius 1 is 1.73 bits per heavy atom. The van der Waals surface area contributed by atoms with Gasteiger partial charge in [0.15, 0.2) is 6.10 Å². The normalized spacial score (nSPS) is 12.4. The lowest BCUT2D eigenvalue weighted by atomic mass is 10.2. The fraction of sp³-hybridized carbons (Fsp3) is 0.333. The Morgan fingerprint density at radius 3 is 2.87 bits per heavy atom. The summed E-state index contributed by atoms with van der Waals surface area (Å²) in [6, 6.07) is 1.22. The van der Waals surface area contributed by atoms with Crippen LogP contribution in [-0.2, 0) is 9.53 Å². The highest BCUT2D eigenvalue weighted by molar-refractivity contribution is 6.30. The summed E-state index contributed by atoms with van der Waals surface area (Å²) in [5.74, 6) is -1.50. The molecule has 0 amide bonds. The minimum atomic E-state index is -1.27. The number of aromatic nitrogens is 1. The van der Waals surface area contributed by atoms with Gasteiger partial charge in [-0.1, -0.05) is 11.6 Å². The Morgan fingerprint density at radius 2 is 2.40 bits per heavy atom. The SMILES string of the molecule is CCOC(C(=O)O)c1ncc(Cl)cc1O. The van der Waals surface area contributed by atoms with Crippen LogP contribution in [0.25, 0.3) is 0 Å². The average molecular weight is 232 g/mol. The largest absolute Gasteiger partial charge is 0.506 e. The van der Waals surface area contributed by atoms with Crippen molar-refractivity contribution >= 4 is 17.6 Å². The lowest BCUT2D eigenvalue weighted by molar-refractivity contribution is -0.150. The van der Waals surface area contributed by atoms with E-state index in [4.69, 9.17) is 21.4 Å². The third kappa shape index (κ3) is 2.81. The molecule has 6 heteroatoms. The Labute approximate surface area is 91.3 Å². The molecule has 0 spiro atoms. The van der Waals surface area contributed by atoms with Gasteiger partial charge in [0.2, 0.25) is 0 Å². The van der Waals surface area contributed by atoms with E-state index in [2.05, 4.69) is 4.98 Å². The Kier molecular flexibility index (Phi) is 3.88. The molecule has 15 heavy (non-hydrogen) atoms. The van der Waals surface area contributed by atoms with Crippen LogP contribution in [0.15, 0.2) is 12.3 Å². The van der Waals surface area contributed by atoms with Gasteiger partial charge in [0.1, 0.15) is 11.4 Å². The van der Waals surface area contributed by atoms with Crippen LogP contribution in [0.5, 0.6) is 5.75 Å². The predicted octanol–water partition coefficient (Wildman–Crippen LogP) is 1.60. The number of rotatable bonds is 4. The van der Waals surface area contributed by atoms with Crippen LogP contribution in [0.1, 0.15) is 18.7 Å². The maximum atomic E-state index is 10.8. The van der Waals surface area contributed by atoms with E-state index in [9.17, 15) is 9.90 Å². The summed E-state index contributed by atoms with van der Waals surface area (Å²) >= 11 is 5.57. The van der Waals surface area contributed by atoms with Crippen molar-refractivity contribution in [1.29, 1.82) is 0 Å². The van der Waals surface area contributed by atoms with Gasteiger partial charge in [0, 0.05) is 18.9 Å². The van der Waals surface area contributed by atoms with E-state index in [1.807, 2.05) is 0 Å². The van der Waals surface area contributed by atoms with Crippen molar-refractivity contribution in [1.82, 2.24) is 4.98 Å². The Bertz CT molecular complexity index is 369. The first-order valence-electron chi connectivity index (χ1n) is 4.25. The summed E-state index contributed by atoms with van der Waals surface area (Å²) in [7, 11) is 0. The highest BCUT2D eigenvalue weighted by Gasteiger charge is 2.24. The molecule has 1 unspecified atom stereocenters. The standard InChI is InChI=1S/C9H10ClNO4/c1-2-15-8(9(13)14)7-6(12)3-5(10)4-11-7/h3-4,8,12H,2H2,1H3,(H,13,14). The Balaban J connectivity index is 3.05. The van der Waals surface area contributed by atoms with Gasteiger partial charge in [-0.2, -0.15) is 0 Å². The van der Waals surface area contributed by atoms with Crippen LogP contribution >= 0.6 is 11.6 Å². The second-order valence-electron chi connectivity index (χ2n) is 2.73. The van der Waals surface area contributed by atoms with Gasteiger partial charge in [-0.25, -0.2) is 4.79 Å². The third-order valence-electron chi connectivity index (χ3n) is 1.67. The summed E-state index contributed by atoms with van der Waals surface area (Å²) in [5, 5.41) is 18.5. The molecule has 0 aliphatic carbocycles. The van der Waals surface area contributed by atoms with Gasteiger partial charge in [-0.3, -0.25) is 4.98 Å². The number of carbonyl (C=O) groups is 1. The van der Waals surface area contributed by atoms with Crippen molar-refractivity contribution in [3.8, 4) is 5.75 Å². The summed E-state index contributed by atoms with van der Waals surface area (Å²) in [6.07, 6.45) is -0.0155. The average Bonchev–Trinajstić information content (AvgIpc) is 2.15. The second kappa shape index (κ2) is 4.95. The predicted molar refractivity (Wildman–Crippen MR) is 52.9 cm³/mol. The Hall–Kier alpha value is -1.33. The second-order valence-corrected chi connectivity index (χ2v) is 3.17. The minimum absolute atomic E-state index is 0.0475. The number of nitrogens with zero attached hydrogens (tertiary/aromatic N) is 1. The van der Waals surface area contributed by atoms with E-state index in [0.29, 0.717) is 0 Å². The molecule has 0 radical (unpaired) electrons. The lowest BCUT2D eigenvalue weighted by Gasteiger charge is -2.12. The lowest BCUT2D eigenvalue weighted by Crippen LogP contribution is -2.16. The first-order valence-corrected chi connectivity index (χ1v) is 4.62. The number of aromatic hydroxyl groups is 1. The fourth-order valence-electron chi connectivity index (χ4n) is 1.08. The van der Waals surface area contributed by atoms with Crippen LogP contribution in [0.4, 0.5) is 0 Å². The highest BCUT2D eigenvalue weighted by atomic mass is 35.5. The van der Waals surface area contributed by atoms with Crippen molar-refractivity contribution in [2.24, 2.45) is 0 Å². The zero-order chi connectivity index (χ0) is 11.4. The zero-order valence-electron chi connectivity index (χ0n) is 7.98. The van der Waals surface area contributed by atoms with E-state index in [0.717, 1.165) is 0 Å². The summed E-state index contributed by atoms with van der Waals surface area (Å²) < 4.78 is 4.95. The molecule has 1 heterocycles. The number of halogens is 1. The van der Waals surface area contributed by atoms with Crippen molar-refractivity contribution in [3.05, 3.63) is 23.0 Å². The van der Waals surface area contributed by atoms with E-state index in [1.54, 1.807) is 6.92 Å². The molecule has 0 saturated heterocycles. The molecular formula is C9H10ClNO4. The molecule has 0 aliphatic rings. The molecule has 1 atom stereocenters. The van der Waals surface area contributed by atoms with Crippen molar-refractivity contribution in [2.45, 2.75) is 13.0 Å². The monoisotopic (exact) mass is 231 g/mol. The minimum Gasteiger partial charge on any atom is -0.506 e. The quantitative estimate of drug-likeness (QED) is 0.823. The van der Waals surface area contributed by atoms with Crippen molar-refractivity contribution in [3.63, 3.8) is 0 Å². The number of pyridine rings is 1. The number of ether oxygens (including phenoxy) is 1. The molecule has 2 N–H and O–H groups in total. The summed E-state index contributed by atoms with van der Waals surface area (Å²) in [4.78, 5) is 14.5. The van der Waals surface area contributed by atoms with Crippen LogP contribution in [0.2, 0.25) is 5.02 Å². The van der Waals surface area contributed by atoms with Gasteiger partial charge in [-0.05, 0) is 6.92 Å². The molecule has 0 fully saturated rings. The topological polar surface area (TPSA) is 79.7 Å². The van der Waals surface area contributed by atoms with Gasteiger partial charge in [0.05, 0.1) is 5.02 Å². The number of hydrogen-bond acceptors (Lipinski definition) is 4. The number of carboxylic acid groups (broad SMARTS) is 1. The number of carboxylic acids is 1. The smallest absolute Gasteiger partial charge is 0.339 e. The summed E-state index contributed by atoms with van der Waals surface area (Å²) in [6.45, 7) is 1.86. The summed E-state index contributed by atoms with van der Waals surface area (Å²) in [5.41, 5.74) is -0.0475. The molecule has 1 aromatic heterocycles. The molecule has 0 bridgehead atoms. The molecule has 5 nitrogen and oxygen atoms in total. The van der Waals surface area contributed by atoms with Gasteiger partial charge in [0.25, 0.3) is 0 Å².